The van der Waals surface area contributed by atoms with Crippen LogP contribution in [0.1, 0.15) is 25.7 Å². The van der Waals surface area contributed by atoms with E-state index in [1.165, 1.54) is 26.4 Å². The van der Waals surface area contributed by atoms with Crippen molar-refractivity contribution in [3.8, 4) is 0 Å². The molecule has 0 aromatic heterocycles. The van der Waals surface area contributed by atoms with E-state index in [-0.39, 0.29) is 12.0 Å². The number of methoxy groups -OCH3 is 1. The van der Waals surface area contributed by atoms with Crippen LogP contribution in [0, 0.1) is 5.92 Å². The van der Waals surface area contributed by atoms with Gasteiger partial charge in [-0.3, -0.25) is 4.79 Å². The fourth-order valence-corrected chi connectivity index (χ4v) is 2.47. The molecule has 2 aliphatic rings. The summed E-state index contributed by atoms with van der Waals surface area (Å²) in [5.41, 5.74) is 0. The van der Waals surface area contributed by atoms with Crippen LogP contribution >= 0.6 is 0 Å². The van der Waals surface area contributed by atoms with Gasteiger partial charge in [-0.1, -0.05) is 6.42 Å². The summed E-state index contributed by atoms with van der Waals surface area (Å²) < 4.78 is 4.70. The van der Waals surface area contributed by atoms with Crippen LogP contribution in [-0.2, 0) is 9.53 Å². The van der Waals surface area contributed by atoms with Crippen molar-refractivity contribution in [2.45, 2.75) is 37.8 Å². The number of nitrogens with one attached hydrogen (secondary N) is 1. The minimum Gasteiger partial charge on any atom is -0.468 e. The van der Waals surface area contributed by atoms with E-state index in [0.717, 1.165) is 12.3 Å². The molecule has 1 aliphatic carbocycles. The Kier molecular flexibility index (Phi) is 2.05. The number of esters is 1. The molecule has 1 N–H and O–H groups in total. The monoisotopic (exact) mass is 169 g/mol. The summed E-state index contributed by atoms with van der Waals surface area (Å²) in [6.45, 7) is 0. The van der Waals surface area contributed by atoms with Gasteiger partial charge in [0.25, 0.3) is 0 Å². The number of rotatable bonds is 1. The zero-order chi connectivity index (χ0) is 8.55. The maximum absolute atomic E-state index is 11.2. The molecule has 2 rings (SSSR count). The minimum atomic E-state index is -0.0931. The largest absolute Gasteiger partial charge is 0.468 e. The summed E-state index contributed by atoms with van der Waals surface area (Å²) >= 11 is 0. The number of fused-ring (bicyclic) bond motifs is 1. The van der Waals surface area contributed by atoms with Gasteiger partial charge < -0.3 is 10.1 Å². The molecule has 3 nitrogen and oxygen atoms in total. The van der Waals surface area contributed by atoms with Gasteiger partial charge in [0.15, 0.2) is 0 Å². The lowest BCUT2D eigenvalue weighted by molar-refractivity contribution is -0.142. The van der Waals surface area contributed by atoms with Gasteiger partial charge in [-0.2, -0.15) is 0 Å². The van der Waals surface area contributed by atoms with Gasteiger partial charge in [-0.05, 0) is 25.2 Å². The maximum Gasteiger partial charge on any atom is 0.322 e. The average molecular weight is 169 g/mol. The van der Waals surface area contributed by atoms with E-state index in [2.05, 4.69) is 5.32 Å². The Balaban J connectivity index is 1.94. The van der Waals surface area contributed by atoms with Crippen molar-refractivity contribution in [1.29, 1.82) is 0 Å². The number of carbonyl (C=O) groups is 1. The van der Waals surface area contributed by atoms with Gasteiger partial charge in [0.1, 0.15) is 6.04 Å². The lowest BCUT2D eigenvalue weighted by atomic mass is 10.0. The van der Waals surface area contributed by atoms with Gasteiger partial charge in [-0.15, -0.1) is 0 Å². The van der Waals surface area contributed by atoms with Gasteiger partial charge >= 0.3 is 5.97 Å². The molecule has 0 amide bonds. The summed E-state index contributed by atoms with van der Waals surface area (Å²) in [6.07, 6.45) is 4.82. The molecule has 68 valence electrons. The van der Waals surface area contributed by atoms with Crippen molar-refractivity contribution < 1.29 is 9.53 Å². The van der Waals surface area contributed by atoms with E-state index in [1.807, 2.05) is 0 Å². The fourth-order valence-electron chi connectivity index (χ4n) is 2.47. The highest BCUT2D eigenvalue weighted by atomic mass is 16.5. The lowest BCUT2D eigenvalue weighted by Crippen LogP contribution is -2.35. The Morgan fingerprint density at radius 1 is 1.50 bits per heavy atom. The second-order valence-corrected chi connectivity index (χ2v) is 3.78. The Labute approximate surface area is 72.5 Å². The summed E-state index contributed by atoms with van der Waals surface area (Å²) in [4.78, 5) is 11.2. The number of ether oxygens (including phenoxy) is 1. The molecule has 0 aromatic carbocycles. The van der Waals surface area contributed by atoms with Crippen molar-refractivity contribution in [2.75, 3.05) is 7.11 Å². The highest BCUT2D eigenvalue weighted by Crippen LogP contribution is 2.34. The topological polar surface area (TPSA) is 38.3 Å². The normalized spacial score (nSPS) is 39.6. The highest BCUT2D eigenvalue weighted by molar-refractivity contribution is 5.76. The predicted molar refractivity (Wildman–Crippen MR) is 44.7 cm³/mol. The second kappa shape index (κ2) is 3.05. The third kappa shape index (κ3) is 1.22. The number of hydrogen-bond donors (Lipinski definition) is 1. The average Bonchev–Trinajstić information content (AvgIpc) is 2.60. The third-order valence-electron chi connectivity index (χ3n) is 3.10. The van der Waals surface area contributed by atoms with Crippen LogP contribution in [0.2, 0.25) is 0 Å². The molecular weight excluding hydrogens is 154 g/mol. The summed E-state index contributed by atoms with van der Waals surface area (Å²) in [7, 11) is 1.46. The Morgan fingerprint density at radius 3 is 3.00 bits per heavy atom. The van der Waals surface area contributed by atoms with E-state index >= 15 is 0 Å². The van der Waals surface area contributed by atoms with Crippen LogP contribution in [0.25, 0.3) is 0 Å². The van der Waals surface area contributed by atoms with Crippen molar-refractivity contribution in [3.63, 3.8) is 0 Å². The molecular formula is C9H15NO2. The van der Waals surface area contributed by atoms with Gasteiger partial charge in [0, 0.05) is 6.04 Å². The third-order valence-corrected chi connectivity index (χ3v) is 3.10. The quantitative estimate of drug-likeness (QED) is 0.587. The standard InChI is InChI=1S/C9H15NO2/c1-12-9(11)8-5-6-3-2-4-7(6)10-8/h6-8,10H,2-5H2,1H3. The van der Waals surface area contributed by atoms with Crippen LogP contribution < -0.4 is 5.32 Å². The molecule has 0 aromatic rings. The van der Waals surface area contributed by atoms with E-state index in [9.17, 15) is 4.79 Å². The summed E-state index contributed by atoms with van der Waals surface area (Å²) in [5.74, 6) is 0.637. The first-order valence-corrected chi connectivity index (χ1v) is 4.65. The molecule has 3 unspecified atom stereocenters. The van der Waals surface area contributed by atoms with Crippen LogP contribution in [0.4, 0.5) is 0 Å². The lowest BCUT2D eigenvalue weighted by Gasteiger charge is -2.09. The molecule has 0 bridgehead atoms. The molecule has 0 spiro atoms. The molecule has 12 heavy (non-hydrogen) atoms. The molecule has 3 atom stereocenters. The van der Waals surface area contributed by atoms with Crippen molar-refractivity contribution >= 4 is 5.97 Å². The molecule has 1 saturated heterocycles. The number of carbonyl (C=O) groups excluding carboxylic acids is 1. The zero-order valence-electron chi connectivity index (χ0n) is 7.38. The predicted octanol–water partition coefficient (Wildman–Crippen LogP) is 0.690. The Hall–Kier alpha value is -0.570. The van der Waals surface area contributed by atoms with E-state index < -0.39 is 0 Å². The smallest absolute Gasteiger partial charge is 0.322 e. The first-order valence-electron chi connectivity index (χ1n) is 4.65. The van der Waals surface area contributed by atoms with Crippen molar-refractivity contribution in [1.82, 2.24) is 5.32 Å². The summed E-state index contributed by atoms with van der Waals surface area (Å²) in [5, 5.41) is 3.33. The Bertz CT molecular complexity index is 181. The van der Waals surface area contributed by atoms with Crippen LogP contribution in [0.15, 0.2) is 0 Å². The van der Waals surface area contributed by atoms with Crippen LogP contribution in [0.5, 0.6) is 0 Å². The van der Waals surface area contributed by atoms with Gasteiger partial charge in [-0.25, -0.2) is 0 Å². The van der Waals surface area contributed by atoms with Gasteiger partial charge in [0.05, 0.1) is 7.11 Å². The first kappa shape index (κ1) is 8.05. The van der Waals surface area contributed by atoms with Gasteiger partial charge in [0.2, 0.25) is 0 Å². The highest BCUT2D eigenvalue weighted by Gasteiger charge is 2.39. The first-order chi connectivity index (χ1) is 5.81. The second-order valence-electron chi connectivity index (χ2n) is 3.78. The van der Waals surface area contributed by atoms with E-state index in [0.29, 0.717) is 6.04 Å². The molecule has 0 radical (unpaired) electrons. The molecule has 3 heteroatoms. The van der Waals surface area contributed by atoms with E-state index in [1.54, 1.807) is 0 Å². The zero-order valence-corrected chi connectivity index (χ0v) is 7.38. The fraction of sp³-hybridized carbons (Fsp3) is 0.889. The number of hydrogen-bond acceptors (Lipinski definition) is 3. The van der Waals surface area contributed by atoms with Crippen molar-refractivity contribution in [2.24, 2.45) is 5.92 Å². The molecule has 2 fully saturated rings. The van der Waals surface area contributed by atoms with Crippen LogP contribution in [0.3, 0.4) is 0 Å². The maximum atomic E-state index is 11.2. The van der Waals surface area contributed by atoms with Crippen molar-refractivity contribution in [3.05, 3.63) is 0 Å². The van der Waals surface area contributed by atoms with Crippen LogP contribution in [-0.4, -0.2) is 25.2 Å². The molecule has 1 heterocycles. The molecule has 1 aliphatic heterocycles. The molecule has 1 saturated carbocycles. The minimum absolute atomic E-state index is 0.0229. The van der Waals surface area contributed by atoms with E-state index in [4.69, 9.17) is 4.74 Å². The Morgan fingerprint density at radius 2 is 2.33 bits per heavy atom. The SMILES string of the molecule is COC(=O)C1CC2CCCC2N1. The summed E-state index contributed by atoms with van der Waals surface area (Å²) in [6, 6.07) is 0.569.